The van der Waals surface area contributed by atoms with E-state index in [9.17, 15) is 9.18 Å². The molecule has 0 bridgehead atoms. The van der Waals surface area contributed by atoms with Crippen LogP contribution in [0.25, 0.3) is 0 Å². The monoisotopic (exact) mass is 292 g/mol. The minimum Gasteiger partial charge on any atom is -0.364 e. The zero-order chi connectivity index (χ0) is 14.8. The molecule has 2 aliphatic rings. The second-order valence-corrected chi connectivity index (χ2v) is 5.80. The highest BCUT2D eigenvalue weighted by Gasteiger charge is 2.37. The van der Waals surface area contributed by atoms with Gasteiger partial charge in [0.25, 0.3) is 5.91 Å². The van der Waals surface area contributed by atoms with Crippen molar-refractivity contribution < 1.29 is 13.9 Å². The van der Waals surface area contributed by atoms with Crippen molar-refractivity contribution in [2.24, 2.45) is 5.73 Å². The standard InChI is InChI=1S/C16H21FN2O2/c17-12-5-3-11(4-6-12)14-2-1-9-19(14)16(20)15-8-7-13(10-18)21-15/h3-6,13-15H,1-2,7-10,18H2/t13-,14?,15+/m1/s1. The van der Waals surface area contributed by atoms with Crippen molar-refractivity contribution in [1.29, 1.82) is 0 Å². The van der Waals surface area contributed by atoms with E-state index in [-0.39, 0.29) is 30.0 Å². The van der Waals surface area contributed by atoms with Crippen LogP contribution in [0, 0.1) is 5.82 Å². The minimum absolute atomic E-state index is 0.00539. The zero-order valence-electron chi connectivity index (χ0n) is 12.0. The van der Waals surface area contributed by atoms with Gasteiger partial charge in [-0.1, -0.05) is 12.1 Å². The number of carbonyl (C=O) groups excluding carboxylic acids is 1. The van der Waals surface area contributed by atoms with Crippen LogP contribution in [0.4, 0.5) is 4.39 Å². The van der Waals surface area contributed by atoms with Crippen LogP contribution in [0.3, 0.4) is 0 Å². The molecule has 0 spiro atoms. The molecule has 2 heterocycles. The highest BCUT2D eigenvalue weighted by atomic mass is 19.1. The van der Waals surface area contributed by atoms with Gasteiger partial charge in [-0.2, -0.15) is 0 Å². The Kier molecular flexibility index (Phi) is 4.22. The molecule has 1 amide bonds. The highest BCUT2D eigenvalue weighted by Crippen LogP contribution is 2.34. The van der Waals surface area contributed by atoms with Gasteiger partial charge >= 0.3 is 0 Å². The molecule has 2 saturated heterocycles. The maximum Gasteiger partial charge on any atom is 0.252 e. The summed E-state index contributed by atoms with van der Waals surface area (Å²) >= 11 is 0. The summed E-state index contributed by atoms with van der Waals surface area (Å²) < 4.78 is 18.8. The van der Waals surface area contributed by atoms with Gasteiger partial charge in [-0.3, -0.25) is 4.79 Å². The van der Waals surface area contributed by atoms with Gasteiger partial charge in [-0.25, -0.2) is 4.39 Å². The molecule has 21 heavy (non-hydrogen) atoms. The lowest BCUT2D eigenvalue weighted by Gasteiger charge is -2.27. The summed E-state index contributed by atoms with van der Waals surface area (Å²) in [6.07, 6.45) is 3.13. The second kappa shape index (κ2) is 6.12. The Balaban J connectivity index is 1.72. The van der Waals surface area contributed by atoms with Gasteiger partial charge in [0.05, 0.1) is 12.1 Å². The molecule has 2 fully saturated rings. The van der Waals surface area contributed by atoms with Crippen LogP contribution in [-0.2, 0) is 9.53 Å². The third-order valence-electron chi connectivity index (χ3n) is 4.44. The number of likely N-dealkylation sites (tertiary alicyclic amines) is 1. The van der Waals surface area contributed by atoms with E-state index < -0.39 is 0 Å². The van der Waals surface area contributed by atoms with E-state index in [2.05, 4.69) is 0 Å². The molecule has 1 aromatic carbocycles. The molecule has 4 nitrogen and oxygen atoms in total. The lowest BCUT2D eigenvalue weighted by molar-refractivity contribution is -0.143. The SMILES string of the molecule is NC[C@H]1CC[C@@H](C(=O)N2CCCC2c2ccc(F)cc2)O1. The Morgan fingerprint density at radius 1 is 1.29 bits per heavy atom. The lowest BCUT2D eigenvalue weighted by Crippen LogP contribution is -2.39. The Labute approximate surface area is 124 Å². The quantitative estimate of drug-likeness (QED) is 0.927. The predicted octanol–water partition coefficient (Wildman–Crippen LogP) is 2.00. The molecule has 0 saturated carbocycles. The average Bonchev–Trinajstić information content (AvgIpc) is 3.16. The molecule has 2 aliphatic heterocycles. The number of amides is 1. The first kappa shape index (κ1) is 14.5. The number of nitrogens with two attached hydrogens (primary N) is 1. The Bertz CT molecular complexity index is 506. The fourth-order valence-corrected chi connectivity index (χ4v) is 3.31. The van der Waals surface area contributed by atoms with Crippen LogP contribution in [-0.4, -0.2) is 36.1 Å². The minimum atomic E-state index is -0.361. The van der Waals surface area contributed by atoms with Crippen molar-refractivity contribution in [3.63, 3.8) is 0 Å². The van der Waals surface area contributed by atoms with E-state index in [1.165, 1.54) is 12.1 Å². The number of nitrogens with zero attached hydrogens (tertiary/aromatic N) is 1. The number of halogens is 1. The van der Waals surface area contributed by atoms with Gasteiger partial charge in [0.15, 0.2) is 0 Å². The van der Waals surface area contributed by atoms with Crippen molar-refractivity contribution in [2.75, 3.05) is 13.1 Å². The molecule has 1 aromatic rings. The van der Waals surface area contributed by atoms with Gasteiger partial charge in [0, 0.05) is 13.1 Å². The van der Waals surface area contributed by atoms with Crippen molar-refractivity contribution in [1.82, 2.24) is 4.90 Å². The number of hydrogen-bond acceptors (Lipinski definition) is 3. The summed E-state index contributed by atoms with van der Waals surface area (Å²) in [5.74, 6) is -0.197. The average molecular weight is 292 g/mol. The summed E-state index contributed by atoms with van der Waals surface area (Å²) in [5, 5.41) is 0. The molecule has 114 valence electrons. The highest BCUT2D eigenvalue weighted by molar-refractivity contribution is 5.82. The van der Waals surface area contributed by atoms with Crippen LogP contribution in [0.1, 0.15) is 37.3 Å². The number of ether oxygens (including phenoxy) is 1. The molecule has 0 radical (unpaired) electrons. The fraction of sp³-hybridized carbons (Fsp3) is 0.562. The van der Waals surface area contributed by atoms with E-state index in [0.717, 1.165) is 37.8 Å². The van der Waals surface area contributed by atoms with Gasteiger partial charge in [-0.05, 0) is 43.4 Å². The van der Waals surface area contributed by atoms with Crippen molar-refractivity contribution in [3.05, 3.63) is 35.6 Å². The first-order valence-electron chi connectivity index (χ1n) is 7.60. The fourth-order valence-electron chi connectivity index (χ4n) is 3.31. The van der Waals surface area contributed by atoms with E-state index in [1.807, 2.05) is 4.90 Å². The number of rotatable bonds is 3. The molecule has 0 aliphatic carbocycles. The molecule has 3 rings (SSSR count). The molecule has 1 unspecified atom stereocenters. The maximum absolute atomic E-state index is 13.0. The number of hydrogen-bond donors (Lipinski definition) is 1. The molecule has 5 heteroatoms. The number of carbonyl (C=O) groups is 1. The molecular formula is C16H21FN2O2. The second-order valence-electron chi connectivity index (χ2n) is 5.80. The van der Waals surface area contributed by atoms with Gasteiger partial charge in [0.2, 0.25) is 0 Å². The third kappa shape index (κ3) is 2.94. The molecule has 0 aromatic heterocycles. The van der Waals surface area contributed by atoms with Crippen LogP contribution in [0.2, 0.25) is 0 Å². The Hall–Kier alpha value is -1.46. The van der Waals surface area contributed by atoms with E-state index in [0.29, 0.717) is 6.54 Å². The van der Waals surface area contributed by atoms with Crippen molar-refractivity contribution in [2.45, 2.75) is 43.9 Å². The summed E-state index contributed by atoms with van der Waals surface area (Å²) in [4.78, 5) is 14.5. The third-order valence-corrected chi connectivity index (χ3v) is 4.44. The molecule has 3 atom stereocenters. The lowest BCUT2D eigenvalue weighted by atomic mass is 10.0. The summed E-state index contributed by atoms with van der Waals surface area (Å²) in [7, 11) is 0. The maximum atomic E-state index is 13.0. The normalized spacial score (nSPS) is 29.0. The van der Waals surface area contributed by atoms with Gasteiger partial charge < -0.3 is 15.4 Å². The van der Waals surface area contributed by atoms with Crippen molar-refractivity contribution in [3.8, 4) is 0 Å². The van der Waals surface area contributed by atoms with Gasteiger partial charge in [0.1, 0.15) is 11.9 Å². The van der Waals surface area contributed by atoms with Crippen LogP contribution in [0.15, 0.2) is 24.3 Å². The topological polar surface area (TPSA) is 55.6 Å². The largest absolute Gasteiger partial charge is 0.364 e. The summed E-state index contributed by atoms with van der Waals surface area (Å²) in [5.41, 5.74) is 6.59. The van der Waals surface area contributed by atoms with Crippen LogP contribution < -0.4 is 5.73 Å². The van der Waals surface area contributed by atoms with E-state index in [4.69, 9.17) is 10.5 Å². The summed E-state index contributed by atoms with van der Waals surface area (Å²) in [6, 6.07) is 6.48. The Morgan fingerprint density at radius 2 is 2.05 bits per heavy atom. The summed E-state index contributed by atoms with van der Waals surface area (Å²) in [6.45, 7) is 1.21. The number of benzene rings is 1. The van der Waals surface area contributed by atoms with Crippen LogP contribution >= 0.6 is 0 Å². The van der Waals surface area contributed by atoms with Crippen LogP contribution in [0.5, 0.6) is 0 Å². The van der Waals surface area contributed by atoms with E-state index >= 15 is 0 Å². The Morgan fingerprint density at radius 3 is 2.71 bits per heavy atom. The zero-order valence-corrected chi connectivity index (χ0v) is 12.0. The first-order chi connectivity index (χ1) is 10.2. The molecular weight excluding hydrogens is 271 g/mol. The predicted molar refractivity (Wildman–Crippen MR) is 77.0 cm³/mol. The molecule has 2 N–H and O–H groups in total. The van der Waals surface area contributed by atoms with E-state index in [1.54, 1.807) is 12.1 Å². The van der Waals surface area contributed by atoms with Crippen molar-refractivity contribution >= 4 is 5.91 Å². The smallest absolute Gasteiger partial charge is 0.252 e. The first-order valence-corrected chi connectivity index (χ1v) is 7.60. The van der Waals surface area contributed by atoms with Gasteiger partial charge in [-0.15, -0.1) is 0 Å².